The van der Waals surface area contributed by atoms with Crippen molar-refractivity contribution in [2.75, 3.05) is 10.6 Å². The van der Waals surface area contributed by atoms with Gasteiger partial charge in [0.1, 0.15) is 5.75 Å². The maximum absolute atomic E-state index is 12.6. The van der Waals surface area contributed by atoms with Crippen molar-refractivity contribution in [3.63, 3.8) is 0 Å². The second kappa shape index (κ2) is 8.38. The molecule has 0 aromatic heterocycles. The number of ether oxygens (including phenoxy) is 1. The zero-order valence-corrected chi connectivity index (χ0v) is 15.3. The number of nitrogens with one attached hydrogen (secondary N) is 2. The van der Waals surface area contributed by atoms with Gasteiger partial charge in [0.15, 0.2) is 5.75 Å². The average molecular weight is 381 g/mol. The Hall–Kier alpha value is -3.31. The predicted octanol–water partition coefficient (Wildman–Crippen LogP) is 5.34. The van der Waals surface area contributed by atoms with Crippen LogP contribution < -0.4 is 15.4 Å². The first-order chi connectivity index (χ1) is 13.0. The van der Waals surface area contributed by atoms with E-state index in [9.17, 15) is 9.59 Å². The van der Waals surface area contributed by atoms with Crippen LogP contribution in [-0.2, 0) is 4.79 Å². The van der Waals surface area contributed by atoms with Crippen molar-refractivity contribution in [2.45, 2.75) is 6.92 Å². The van der Waals surface area contributed by atoms with Crippen molar-refractivity contribution < 1.29 is 14.3 Å². The van der Waals surface area contributed by atoms with Gasteiger partial charge in [-0.2, -0.15) is 0 Å². The van der Waals surface area contributed by atoms with E-state index in [1.54, 1.807) is 60.7 Å². The van der Waals surface area contributed by atoms with Crippen molar-refractivity contribution in [1.29, 1.82) is 0 Å². The Kier molecular flexibility index (Phi) is 5.74. The van der Waals surface area contributed by atoms with E-state index in [-0.39, 0.29) is 11.8 Å². The van der Waals surface area contributed by atoms with Gasteiger partial charge in [-0.15, -0.1) is 0 Å². The Morgan fingerprint density at radius 3 is 2.30 bits per heavy atom. The molecule has 0 unspecified atom stereocenters. The van der Waals surface area contributed by atoms with Crippen LogP contribution in [0.4, 0.5) is 11.4 Å². The van der Waals surface area contributed by atoms with E-state index < -0.39 is 0 Å². The van der Waals surface area contributed by atoms with Gasteiger partial charge in [-0.05, 0) is 42.5 Å². The summed E-state index contributed by atoms with van der Waals surface area (Å²) < 4.78 is 5.85. The molecule has 0 saturated heterocycles. The van der Waals surface area contributed by atoms with Crippen LogP contribution in [0.3, 0.4) is 0 Å². The highest BCUT2D eigenvalue weighted by atomic mass is 35.5. The molecule has 5 nitrogen and oxygen atoms in total. The van der Waals surface area contributed by atoms with Crippen molar-refractivity contribution >= 4 is 34.8 Å². The Labute approximate surface area is 161 Å². The molecule has 3 aromatic rings. The molecular formula is C21H17ClN2O3. The lowest BCUT2D eigenvalue weighted by Crippen LogP contribution is -2.13. The largest absolute Gasteiger partial charge is 0.454 e. The van der Waals surface area contributed by atoms with Gasteiger partial charge in [-0.3, -0.25) is 9.59 Å². The summed E-state index contributed by atoms with van der Waals surface area (Å²) in [6, 6.07) is 20.9. The first-order valence-electron chi connectivity index (χ1n) is 8.23. The molecule has 6 heteroatoms. The minimum Gasteiger partial charge on any atom is -0.454 e. The second-order valence-corrected chi connectivity index (χ2v) is 6.15. The van der Waals surface area contributed by atoms with Crippen LogP contribution in [0.1, 0.15) is 17.3 Å². The van der Waals surface area contributed by atoms with Crippen molar-refractivity contribution in [3.05, 3.63) is 83.4 Å². The SMILES string of the molecule is CC(=O)Nc1cccc(C(=O)Nc2ccccc2Oc2ccccc2Cl)c1. The van der Waals surface area contributed by atoms with Crippen LogP contribution in [0.15, 0.2) is 72.8 Å². The summed E-state index contributed by atoms with van der Waals surface area (Å²) in [4.78, 5) is 23.8. The van der Waals surface area contributed by atoms with E-state index in [1.165, 1.54) is 6.92 Å². The fourth-order valence-corrected chi connectivity index (χ4v) is 2.62. The van der Waals surface area contributed by atoms with E-state index in [2.05, 4.69) is 10.6 Å². The number of rotatable bonds is 5. The van der Waals surface area contributed by atoms with Crippen LogP contribution in [0.25, 0.3) is 0 Å². The van der Waals surface area contributed by atoms with Crippen molar-refractivity contribution in [1.82, 2.24) is 0 Å². The molecule has 0 aliphatic rings. The number of amides is 2. The van der Waals surface area contributed by atoms with Gasteiger partial charge in [-0.25, -0.2) is 0 Å². The van der Waals surface area contributed by atoms with Crippen LogP contribution in [0.5, 0.6) is 11.5 Å². The molecule has 0 aliphatic heterocycles. The fourth-order valence-electron chi connectivity index (χ4n) is 2.44. The van der Waals surface area contributed by atoms with Crippen LogP contribution >= 0.6 is 11.6 Å². The van der Waals surface area contributed by atoms with E-state index in [4.69, 9.17) is 16.3 Å². The smallest absolute Gasteiger partial charge is 0.255 e. The zero-order chi connectivity index (χ0) is 19.2. The predicted molar refractivity (Wildman–Crippen MR) is 107 cm³/mol. The number of carbonyl (C=O) groups is 2. The lowest BCUT2D eigenvalue weighted by Gasteiger charge is -2.13. The third kappa shape index (κ3) is 4.86. The molecule has 0 spiro atoms. The summed E-state index contributed by atoms with van der Waals surface area (Å²) in [5.41, 5.74) is 1.47. The highest BCUT2D eigenvalue weighted by Gasteiger charge is 2.12. The summed E-state index contributed by atoms with van der Waals surface area (Å²) in [6.07, 6.45) is 0. The van der Waals surface area contributed by atoms with Crippen LogP contribution in [0, 0.1) is 0 Å². The minimum absolute atomic E-state index is 0.203. The number of hydrogen-bond acceptors (Lipinski definition) is 3. The minimum atomic E-state index is -0.322. The number of para-hydroxylation sites is 3. The van der Waals surface area contributed by atoms with Crippen molar-refractivity contribution in [2.24, 2.45) is 0 Å². The molecule has 0 radical (unpaired) electrons. The highest BCUT2D eigenvalue weighted by Crippen LogP contribution is 2.33. The monoisotopic (exact) mass is 380 g/mol. The quantitative estimate of drug-likeness (QED) is 0.627. The third-order valence-corrected chi connectivity index (χ3v) is 3.95. The lowest BCUT2D eigenvalue weighted by atomic mass is 10.1. The molecule has 2 amide bonds. The molecule has 0 aliphatic carbocycles. The molecule has 0 atom stereocenters. The number of benzene rings is 3. The maximum Gasteiger partial charge on any atom is 0.255 e. The number of halogens is 1. The summed E-state index contributed by atoms with van der Waals surface area (Å²) >= 11 is 6.14. The maximum atomic E-state index is 12.6. The highest BCUT2D eigenvalue weighted by molar-refractivity contribution is 6.32. The Morgan fingerprint density at radius 2 is 1.56 bits per heavy atom. The molecule has 0 saturated carbocycles. The molecule has 136 valence electrons. The fraction of sp³-hybridized carbons (Fsp3) is 0.0476. The standard InChI is InChI=1S/C21H17ClN2O3/c1-14(25)23-16-8-6-7-15(13-16)21(26)24-18-10-3-5-12-20(18)27-19-11-4-2-9-17(19)22/h2-13H,1H3,(H,23,25)(H,24,26). The molecule has 3 rings (SSSR count). The molecule has 27 heavy (non-hydrogen) atoms. The summed E-state index contributed by atoms with van der Waals surface area (Å²) in [7, 11) is 0. The van der Waals surface area contributed by atoms with E-state index in [1.807, 2.05) is 12.1 Å². The second-order valence-electron chi connectivity index (χ2n) is 5.74. The zero-order valence-electron chi connectivity index (χ0n) is 14.5. The molecule has 2 N–H and O–H groups in total. The Bertz CT molecular complexity index is 988. The normalized spacial score (nSPS) is 10.1. The Balaban J connectivity index is 1.81. The van der Waals surface area contributed by atoms with Gasteiger partial charge in [-0.1, -0.05) is 41.9 Å². The summed E-state index contributed by atoms with van der Waals surface area (Å²) in [5, 5.41) is 5.96. The average Bonchev–Trinajstić information content (AvgIpc) is 2.65. The molecule has 0 bridgehead atoms. The first-order valence-corrected chi connectivity index (χ1v) is 8.61. The Morgan fingerprint density at radius 1 is 0.852 bits per heavy atom. The molecule has 3 aromatic carbocycles. The summed E-state index contributed by atoms with van der Waals surface area (Å²) in [5.74, 6) is 0.439. The third-order valence-electron chi connectivity index (χ3n) is 3.64. The van der Waals surface area contributed by atoms with Gasteiger partial charge in [0.25, 0.3) is 5.91 Å². The van der Waals surface area contributed by atoms with Gasteiger partial charge < -0.3 is 15.4 Å². The number of carbonyl (C=O) groups excluding carboxylic acids is 2. The van der Waals surface area contributed by atoms with Gasteiger partial charge in [0.05, 0.1) is 10.7 Å². The van der Waals surface area contributed by atoms with Gasteiger partial charge in [0.2, 0.25) is 5.91 Å². The first kappa shape index (κ1) is 18.5. The summed E-state index contributed by atoms with van der Waals surface area (Å²) in [6.45, 7) is 1.41. The van der Waals surface area contributed by atoms with Gasteiger partial charge in [0, 0.05) is 18.2 Å². The van der Waals surface area contributed by atoms with Crippen molar-refractivity contribution in [3.8, 4) is 11.5 Å². The van der Waals surface area contributed by atoms with Crippen LogP contribution in [-0.4, -0.2) is 11.8 Å². The number of anilines is 2. The molecule has 0 fully saturated rings. The molecule has 0 heterocycles. The molecular weight excluding hydrogens is 364 g/mol. The van der Waals surface area contributed by atoms with Gasteiger partial charge >= 0.3 is 0 Å². The number of hydrogen-bond donors (Lipinski definition) is 2. The van der Waals surface area contributed by atoms with E-state index >= 15 is 0 Å². The van der Waals surface area contributed by atoms with Crippen LogP contribution in [0.2, 0.25) is 5.02 Å². The lowest BCUT2D eigenvalue weighted by molar-refractivity contribution is -0.114. The van der Waals surface area contributed by atoms with E-state index in [0.29, 0.717) is 33.5 Å². The van der Waals surface area contributed by atoms with E-state index in [0.717, 1.165) is 0 Å². The topological polar surface area (TPSA) is 67.4 Å².